The average molecular weight is 277 g/mol. The normalized spacial score (nSPS) is 9.74. The molecule has 6 nitrogen and oxygen atoms in total. The van der Waals surface area contributed by atoms with Crippen LogP contribution in [0.4, 0.5) is 0 Å². The number of hydrazine groups is 1. The number of hydrogen-bond acceptors (Lipinski definition) is 4. The van der Waals surface area contributed by atoms with Crippen LogP contribution in [0.1, 0.15) is 20.7 Å². The third-order valence-corrected chi connectivity index (χ3v) is 2.45. The van der Waals surface area contributed by atoms with Crippen molar-refractivity contribution in [2.45, 2.75) is 0 Å². The van der Waals surface area contributed by atoms with E-state index in [1.54, 1.807) is 0 Å². The molecule has 0 saturated carbocycles. The van der Waals surface area contributed by atoms with Gasteiger partial charge in [0.1, 0.15) is 5.15 Å². The smallest absolute Gasteiger partial charge is 0.267 e. The standard InChI is InChI=1S/C12H9ClN4O2/c13-10-2-1-9(7-15-10)12(19)17-16-11(18)8-3-5-14-6-4-8/h1-7H,(H,16,18)(H,17,19). The van der Waals surface area contributed by atoms with Gasteiger partial charge in [0, 0.05) is 24.2 Å². The van der Waals surface area contributed by atoms with E-state index in [0.29, 0.717) is 11.1 Å². The van der Waals surface area contributed by atoms with E-state index in [1.807, 2.05) is 0 Å². The molecular formula is C12H9ClN4O2. The van der Waals surface area contributed by atoms with Gasteiger partial charge in [-0.15, -0.1) is 0 Å². The van der Waals surface area contributed by atoms with Gasteiger partial charge in [0.05, 0.1) is 5.56 Å². The molecule has 0 atom stereocenters. The Balaban J connectivity index is 1.94. The molecule has 0 fully saturated rings. The highest BCUT2D eigenvalue weighted by molar-refractivity contribution is 6.29. The maximum Gasteiger partial charge on any atom is 0.271 e. The first kappa shape index (κ1) is 13.0. The lowest BCUT2D eigenvalue weighted by molar-refractivity contribution is 0.0846. The zero-order chi connectivity index (χ0) is 13.7. The molecule has 0 saturated heterocycles. The second-order valence-corrected chi connectivity index (χ2v) is 3.90. The van der Waals surface area contributed by atoms with E-state index in [1.165, 1.54) is 42.9 Å². The number of aromatic nitrogens is 2. The van der Waals surface area contributed by atoms with Crippen molar-refractivity contribution in [1.82, 2.24) is 20.8 Å². The number of nitrogens with one attached hydrogen (secondary N) is 2. The molecule has 0 unspecified atom stereocenters. The highest BCUT2D eigenvalue weighted by Crippen LogP contribution is 2.04. The molecule has 2 aromatic rings. The van der Waals surface area contributed by atoms with Crippen LogP contribution >= 0.6 is 11.6 Å². The van der Waals surface area contributed by atoms with Crippen molar-refractivity contribution >= 4 is 23.4 Å². The molecule has 2 heterocycles. The molecule has 0 aromatic carbocycles. The van der Waals surface area contributed by atoms with Gasteiger partial charge in [0.25, 0.3) is 11.8 Å². The molecule has 0 aliphatic heterocycles. The van der Waals surface area contributed by atoms with Crippen molar-refractivity contribution in [1.29, 1.82) is 0 Å². The van der Waals surface area contributed by atoms with Crippen molar-refractivity contribution in [2.75, 3.05) is 0 Å². The monoisotopic (exact) mass is 276 g/mol. The van der Waals surface area contributed by atoms with Crippen molar-refractivity contribution in [3.05, 3.63) is 59.1 Å². The van der Waals surface area contributed by atoms with Crippen molar-refractivity contribution in [2.24, 2.45) is 0 Å². The number of amides is 2. The van der Waals surface area contributed by atoms with E-state index in [4.69, 9.17) is 11.6 Å². The highest BCUT2D eigenvalue weighted by Gasteiger charge is 2.08. The molecule has 19 heavy (non-hydrogen) atoms. The third-order valence-electron chi connectivity index (χ3n) is 2.22. The number of nitrogens with zero attached hydrogens (tertiary/aromatic N) is 2. The Morgan fingerprint density at radius 1 is 0.947 bits per heavy atom. The first-order valence-corrected chi connectivity index (χ1v) is 5.67. The third kappa shape index (κ3) is 3.49. The molecule has 2 aromatic heterocycles. The number of halogens is 1. The van der Waals surface area contributed by atoms with Gasteiger partial charge in [0.2, 0.25) is 0 Å². The summed E-state index contributed by atoms with van der Waals surface area (Å²) in [6, 6.07) is 6.06. The summed E-state index contributed by atoms with van der Waals surface area (Å²) in [7, 11) is 0. The first-order chi connectivity index (χ1) is 9.16. The fourth-order valence-electron chi connectivity index (χ4n) is 1.27. The minimum absolute atomic E-state index is 0.289. The van der Waals surface area contributed by atoms with Crippen molar-refractivity contribution in [3.63, 3.8) is 0 Å². The van der Waals surface area contributed by atoms with E-state index in [2.05, 4.69) is 20.8 Å². The number of rotatable bonds is 2. The molecule has 0 radical (unpaired) electrons. The summed E-state index contributed by atoms with van der Waals surface area (Å²) >= 11 is 5.61. The van der Waals surface area contributed by atoms with Crippen LogP contribution in [-0.2, 0) is 0 Å². The molecule has 0 aliphatic carbocycles. The average Bonchev–Trinajstić information content (AvgIpc) is 2.46. The number of hydrogen-bond donors (Lipinski definition) is 2. The zero-order valence-electron chi connectivity index (χ0n) is 9.63. The maximum absolute atomic E-state index is 11.7. The molecule has 96 valence electrons. The maximum atomic E-state index is 11.7. The second kappa shape index (κ2) is 5.92. The number of pyridine rings is 2. The van der Waals surface area contributed by atoms with E-state index in [0.717, 1.165) is 0 Å². The van der Waals surface area contributed by atoms with E-state index < -0.39 is 11.8 Å². The lowest BCUT2D eigenvalue weighted by Crippen LogP contribution is -2.41. The molecule has 0 bridgehead atoms. The minimum atomic E-state index is -0.480. The van der Waals surface area contributed by atoms with Crippen LogP contribution in [0.15, 0.2) is 42.9 Å². The molecule has 0 spiro atoms. The topological polar surface area (TPSA) is 84.0 Å². The lowest BCUT2D eigenvalue weighted by Gasteiger charge is -2.06. The molecule has 0 aliphatic rings. The largest absolute Gasteiger partial charge is 0.271 e. The SMILES string of the molecule is O=C(NNC(=O)c1ccc(Cl)nc1)c1ccncc1. The van der Waals surface area contributed by atoms with E-state index in [-0.39, 0.29) is 5.15 Å². The fraction of sp³-hybridized carbons (Fsp3) is 0. The Bertz CT molecular complexity index is 586. The summed E-state index contributed by atoms with van der Waals surface area (Å²) in [6.45, 7) is 0. The van der Waals surface area contributed by atoms with Crippen LogP contribution in [0.3, 0.4) is 0 Å². The fourth-order valence-corrected chi connectivity index (χ4v) is 1.38. The Labute approximate surface area is 113 Å². The summed E-state index contributed by atoms with van der Waals surface area (Å²) in [4.78, 5) is 30.9. The van der Waals surface area contributed by atoms with Gasteiger partial charge in [0.15, 0.2) is 0 Å². The second-order valence-electron chi connectivity index (χ2n) is 3.51. The van der Waals surface area contributed by atoms with Gasteiger partial charge in [-0.3, -0.25) is 25.4 Å². The van der Waals surface area contributed by atoms with Gasteiger partial charge >= 0.3 is 0 Å². The van der Waals surface area contributed by atoms with Gasteiger partial charge in [-0.25, -0.2) is 4.98 Å². The lowest BCUT2D eigenvalue weighted by atomic mass is 10.2. The van der Waals surface area contributed by atoms with Crippen LogP contribution in [0.5, 0.6) is 0 Å². The molecule has 2 N–H and O–H groups in total. The Morgan fingerprint density at radius 3 is 2.16 bits per heavy atom. The Hall–Kier alpha value is -2.47. The quantitative estimate of drug-likeness (QED) is 0.638. The molecule has 7 heteroatoms. The van der Waals surface area contributed by atoms with Crippen LogP contribution < -0.4 is 10.9 Å². The number of carbonyl (C=O) groups is 2. The molecule has 2 rings (SSSR count). The summed E-state index contributed by atoms with van der Waals surface area (Å²) in [6.07, 6.45) is 4.29. The predicted molar refractivity (Wildman–Crippen MR) is 68.4 cm³/mol. The number of carbonyl (C=O) groups excluding carboxylic acids is 2. The predicted octanol–water partition coefficient (Wildman–Crippen LogP) is 1.20. The molecular weight excluding hydrogens is 268 g/mol. The van der Waals surface area contributed by atoms with Crippen LogP contribution in [0.25, 0.3) is 0 Å². The summed E-state index contributed by atoms with van der Waals surface area (Å²) in [5, 5.41) is 0.289. The molecule has 2 amide bonds. The first-order valence-electron chi connectivity index (χ1n) is 5.29. The van der Waals surface area contributed by atoms with Crippen LogP contribution in [-0.4, -0.2) is 21.8 Å². The van der Waals surface area contributed by atoms with Crippen LogP contribution in [0.2, 0.25) is 5.15 Å². The van der Waals surface area contributed by atoms with Crippen molar-refractivity contribution in [3.8, 4) is 0 Å². The summed E-state index contributed by atoms with van der Waals surface area (Å²) in [5.74, 6) is -0.913. The van der Waals surface area contributed by atoms with Gasteiger partial charge in [-0.05, 0) is 24.3 Å². The van der Waals surface area contributed by atoms with Crippen LogP contribution in [0, 0.1) is 0 Å². The minimum Gasteiger partial charge on any atom is -0.267 e. The van der Waals surface area contributed by atoms with Gasteiger partial charge in [-0.2, -0.15) is 0 Å². The highest BCUT2D eigenvalue weighted by atomic mass is 35.5. The van der Waals surface area contributed by atoms with Crippen molar-refractivity contribution < 1.29 is 9.59 Å². The summed E-state index contributed by atoms with van der Waals surface area (Å²) in [5.41, 5.74) is 5.24. The zero-order valence-corrected chi connectivity index (χ0v) is 10.4. The van der Waals surface area contributed by atoms with Gasteiger partial charge in [-0.1, -0.05) is 11.6 Å². The van der Waals surface area contributed by atoms with Gasteiger partial charge < -0.3 is 0 Å². The summed E-state index contributed by atoms with van der Waals surface area (Å²) < 4.78 is 0. The van der Waals surface area contributed by atoms with E-state index in [9.17, 15) is 9.59 Å². The Morgan fingerprint density at radius 2 is 1.58 bits per heavy atom. The van der Waals surface area contributed by atoms with E-state index >= 15 is 0 Å². The Kier molecular flexibility index (Phi) is 4.04.